The van der Waals surface area contributed by atoms with Crippen LogP contribution in [0.3, 0.4) is 0 Å². The van der Waals surface area contributed by atoms with E-state index < -0.39 is 16.7 Å². The first-order chi connectivity index (χ1) is 13.3. The van der Waals surface area contributed by atoms with Crippen molar-refractivity contribution in [3.05, 3.63) is 69.9 Å². The summed E-state index contributed by atoms with van der Waals surface area (Å²) in [7, 11) is 1.52. The number of rotatable bonds is 7. The standard InChI is InChI=1S/C17H15N5O6/c1-21-15(16(18)23)13(8-19-21)20-17(24)14-7-6-12(28-14)9-27-11-4-2-10(3-5-11)22(25)26/h2-8H,9H2,1H3,(H2,18,23)(H,20,24). The molecule has 0 atom stereocenters. The lowest BCUT2D eigenvalue weighted by Gasteiger charge is -2.04. The third-order valence-corrected chi connectivity index (χ3v) is 3.73. The lowest BCUT2D eigenvalue weighted by Crippen LogP contribution is -2.20. The maximum absolute atomic E-state index is 12.3. The van der Waals surface area contributed by atoms with Crippen molar-refractivity contribution in [1.82, 2.24) is 9.78 Å². The van der Waals surface area contributed by atoms with Gasteiger partial charge in [0.2, 0.25) is 0 Å². The molecule has 0 aliphatic rings. The van der Waals surface area contributed by atoms with Gasteiger partial charge in [-0.25, -0.2) is 0 Å². The topological polar surface area (TPSA) is 156 Å². The molecule has 2 heterocycles. The second kappa shape index (κ2) is 7.61. The molecule has 0 bridgehead atoms. The van der Waals surface area contributed by atoms with Crippen molar-refractivity contribution in [2.24, 2.45) is 12.8 Å². The molecular formula is C17H15N5O6. The molecule has 11 nitrogen and oxygen atoms in total. The molecular weight excluding hydrogens is 370 g/mol. The lowest BCUT2D eigenvalue weighted by atomic mass is 10.3. The number of hydrogen-bond donors (Lipinski definition) is 2. The predicted molar refractivity (Wildman–Crippen MR) is 95.8 cm³/mol. The van der Waals surface area contributed by atoms with E-state index in [1.165, 1.54) is 48.3 Å². The number of benzene rings is 1. The van der Waals surface area contributed by atoms with Gasteiger partial charge in [-0.3, -0.25) is 24.4 Å². The van der Waals surface area contributed by atoms with Crippen LogP contribution in [0.15, 0.2) is 47.0 Å². The fourth-order valence-electron chi connectivity index (χ4n) is 2.40. The summed E-state index contributed by atoms with van der Waals surface area (Å²) in [4.78, 5) is 33.8. The summed E-state index contributed by atoms with van der Waals surface area (Å²) in [6, 6.07) is 8.56. The number of hydrogen-bond acceptors (Lipinski definition) is 7. The number of nitrogens with zero attached hydrogens (tertiary/aromatic N) is 3. The van der Waals surface area contributed by atoms with E-state index in [4.69, 9.17) is 14.9 Å². The zero-order chi connectivity index (χ0) is 20.3. The van der Waals surface area contributed by atoms with Crippen LogP contribution >= 0.6 is 0 Å². The number of anilines is 1. The molecule has 2 amide bonds. The molecule has 3 aromatic rings. The molecule has 0 radical (unpaired) electrons. The third-order valence-electron chi connectivity index (χ3n) is 3.73. The average molecular weight is 385 g/mol. The summed E-state index contributed by atoms with van der Waals surface area (Å²) in [5, 5.41) is 17.0. The molecule has 0 saturated carbocycles. The number of nitrogens with one attached hydrogen (secondary N) is 1. The molecule has 11 heteroatoms. The highest BCUT2D eigenvalue weighted by Gasteiger charge is 2.19. The number of carbonyl (C=O) groups excluding carboxylic acids is 2. The number of amides is 2. The molecule has 0 unspecified atom stereocenters. The summed E-state index contributed by atoms with van der Waals surface area (Å²) >= 11 is 0. The molecule has 28 heavy (non-hydrogen) atoms. The Kier molecular flexibility index (Phi) is 5.07. The fraction of sp³-hybridized carbons (Fsp3) is 0.118. The van der Waals surface area contributed by atoms with E-state index in [1.54, 1.807) is 6.07 Å². The van der Waals surface area contributed by atoms with E-state index in [0.717, 1.165) is 0 Å². The van der Waals surface area contributed by atoms with Crippen molar-refractivity contribution in [2.45, 2.75) is 6.61 Å². The maximum Gasteiger partial charge on any atom is 0.291 e. The predicted octanol–water partition coefficient (Wildman–Crippen LogP) is 1.85. The number of aromatic nitrogens is 2. The van der Waals surface area contributed by atoms with E-state index in [9.17, 15) is 19.7 Å². The van der Waals surface area contributed by atoms with Crippen LogP contribution < -0.4 is 15.8 Å². The summed E-state index contributed by atoms with van der Waals surface area (Å²) in [6.45, 7) is 0.0184. The van der Waals surface area contributed by atoms with Gasteiger partial charge in [-0.05, 0) is 24.3 Å². The fourth-order valence-corrected chi connectivity index (χ4v) is 2.40. The summed E-state index contributed by atoms with van der Waals surface area (Å²) in [6.07, 6.45) is 1.31. The van der Waals surface area contributed by atoms with Gasteiger partial charge in [0, 0.05) is 19.2 Å². The van der Waals surface area contributed by atoms with Gasteiger partial charge in [-0.2, -0.15) is 5.10 Å². The van der Waals surface area contributed by atoms with Gasteiger partial charge in [0.15, 0.2) is 5.76 Å². The number of carbonyl (C=O) groups is 2. The lowest BCUT2D eigenvalue weighted by molar-refractivity contribution is -0.384. The number of nitrogens with two attached hydrogens (primary N) is 1. The minimum Gasteiger partial charge on any atom is -0.486 e. The minimum absolute atomic E-state index is 0.00146. The van der Waals surface area contributed by atoms with Crippen molar-refractivity contribution in [1.29, 1.82) is 0 Å². The zero-order valence-corrected chi connectivity index (χ0v) is 14.6. The van der Waals surface area contributed by atoms with Crippen molar-refractivity contribution in [2.75, 3.05) is 5.32 Å². The maximum atomic E-state index is 12.3. The SMILES string of the molecule is Cn1ncc(NC(=O)c2ccc(COc3ccc([N+](=O)[O-])cc3)o2)c1C(N)=O. The summed E-state index contributed by atoms with van der Waals surface area (Å²) in [5.41, 5.74) is 5.45. The Morgan fingerprint density at radius 2 is 2.00 bits per heavy atom. The van der Waals surface area contributed by atoms with Crippen molar-refractivity contribution >= 4 is 23.2 Å². The number of furan rings is 1. The largest absolute Gasteiger partial charge is 0.486 e. The van der Waals surface area contributed by atoms with E-state index in [2.05, 4.69) is 10.4 Å². The van der Waals surface area contributed by atoms with Gasteiger partial charge < -0.3 is 20.2 Å². The molecule has 0 aliphatic heterocycles. The van der Waals surface area contributed by atoms with Crippen LogP contribution in [0, 0.1) is 10.1 Å². The molecule has 144 valence electrons. The smallest absolute Gasteiger partial charge is 0.291 e. The molecule has 3 N–H and O–H groups in total. The molecule has 0 saturated heterocycles. The highest BCUT2D eigenvalue weighted by atomic mass is 16.6. The Bertz CT molecular complexity index is 1040. The van der Waals surface area contributed by atoms with Crippen LogP contribution in [-0.4, -0.2) is 26.5 Å². The Balaban J connectivity index is 1.63. The first kappa shape index (κ1) is 18.6. The monoisotopic (exact) mass is 385 g/mol. The van der Waals surface area contributed by atoms with E-state index in [1.807, 2.05) is 0 Å². The second-order valence-corrected chi connectivity index (χ2v) is 5.65. The number of primary amides is 1. The first-order valence-electron chi connectivity index (χ1n) is 7.94. The van der Waals surface area contributed by atoms with Crippen LogP contribution in [0.1, 0.15) is 26.8 Å². The van der Waals surface area contributed by atoms with E-state index in [0.29, 0.717) is 11.5 Å². The molecule has 0 spiro atoms. The Morgan fingerprint density at radius 1 is 1.29 bits per heavy atom. The van der Waals surface area contributed by atoms with E-state index in [-0.39, 0.29) is 29.4 Å². The molecule has 0 fully saturated rings. The summed E-state index contributed by atoms with van der Waals surface area (Å²) in [5.74, 6) is -0.537. The van der Waals surface area contributed by atoms with Crippen LogP contribution in [0.5, 0.6) is 5.75 Å². The number of aryl methyl sites for hydroxylation is 1. The molecule has 0 aliphatic carbocycles. The number of ether oxygens (including phenoxy) is 1. The van der Waals surface area contributed by atoms with Crippen LogP contribution in [0.2, 0.25) is 0 Å². The molecule has 2 aromatic heterocycles. The third kappa shape index (κ3) is 3.98. The van der Waals surface area contributed by atoms with Gasteiger partial charge in [0.1, 0.15) is 23.8 Å². The van der Waals surface area contributed by atoms with Gasteiger partial charge in [0.05, 0.1) is 16.8 Å². The Morgan fingerprint density at radius 3 is 2.64 bits per heavy atom. The van der Waals surface area contributed by atoms with Crippen LogP contribution in [-0.2, 0) is 13.7 Å². The normalized spacial score (nSPS) is 10.5. The number of nitro benzene ring substituents is 1. The Hall–Kier alpha value is -4.15. The zero-order valence-electron chi connectivity index (χ0n) is 14.6. The molecule has 1 aromatic carbocycles. The van der Waals surface area contributed by atoms with Crippen molar-refractivity contribution in [3.63, 3.8) is 0 Å². The second-order valence-electron chi connectivity index (χ2n) is 5.65. The van der Waals surface area contributed by atoms with Gasteiger partial charge >= 0.3 is 0 Å². The van der Waals surface area contributed by atoms with Crippen molar-refractivity contribution < 1.29 is 23.7 Å². The Labute approximate surface area is 157 Å². The van der Waals surface area contributed by atoms with Crippen molar-refractivity contribution in [3.8, 4) is 5.75 Å². The number of nitro groups is 1. The quantitative estimate of drug-likeness (QED) is 0.464. The van der Waals surface area contributed by atoms with Gasteiger partial charge in [-0.15, -0.1) is 0 Å². The molecule has 3 rings (SSSR count). The highest BCUT2D eigenvalue weighted by Crippen LogP contribution is 2.20. The number of non-ortho nitro benzene ring substituents is 1. The van der Waals surface area contributed by atoms with Crippen LogP contribution in [0.4, 0.5) is 11.4 Å². The average Bonchev–Trinajstić information content (AvgIpc) is 3.27. The van der Waals surface area contributed by atoms with Gasteiger partial charge in [-0.1, -0.05) is 0 Å². The first-order valence-corrected chi connectivity index (χ1v) is 7.94. The van der Waals surface area contributed by atoms with Gasteiger partial charge in [0.25, 0.3) is 17.5 Å². The highest BCUT2D eigenvalue weighted by molar-refractivity contribution is 6.06. The van der Waals surface area contributed by atoms with E-state index >= 15 is 0 Å². The summed E-state index contributed by atoms with van der Waals surface area (Å²) < 4.78 is 12.1. The minimum atomic E-state index is -0.730. The van der Waals surface area contributed by atoms with Crippen LogP contribution in [0.25, 0.3) is 0 Å².